The molecule has 0 heterocycles. The first-order valence-electron chi connectivity index (χ1n) is 8.84. The monoisotopic (exact) mass is 332 g/mol. The highest BCUT2D eigenvalue weighted by molar-refractivity contribution is 5.94. The van der Waals surface area contributed by atoms with Gasteiger partial charge in [-0.15, -0.1) is 0 Å². The van der Waals surface area contributed by atoms with E-state index < -0.39 is 5.60 Å². The maximum absolute atomic E-state index is 12.2. The van der Waals surface area contributed by atoms with Crippen LogP contribution in [0.15, 0.2) is 24.3 Å². The first kappa shape index (κ1) is 18.5. The molecular formula is C19H28N2O3. The first-order chi connectivity index (χ1) is 11.5. The highest BCUT2D eigenvalue weighted by atomic mass is 16.3. The molecule has 0 bridgehead atoms. The van der Waals surface area contributed by atoms with Crippen LogP contribution < -0.4 is 5.32 Å². The SMILES string of the molecule is CCN(CC)C(=O)c1ccc(CNC(=O)CC2(O)CCCC2)cc1. The van der Waals surface area contributed by atoms with Crippen molar-refractivity contribution in [2.75, 3.05) is 13.1 Å². The predicted molar refractivity (Wildman–Crippen MR) is 93.6 cm³/mol. The minimum atomic E-state index is -0.815. The summed E-state index contributed by atoms with van der Waals surface area (Å²) in [5.74, 6) is -0.0956. The Balaban J connectivity index is 1.85. The van der Waals surface area contributed by atoms with Crippen molar-refractivity contribution in [3.63, 3.8) is 0 Å². The van der Waals surface area contributed by atoms with Crippen LogP contribution in [0.1, 0.15) is 61.9 Å². The quantitative estimate of drug-likeness (QED) is 0.806. The van der Waals surface area contributed by atoms with Crippen LogP contribution in [0.25, 0.3) is 0 Å². The molecule has 5 nitrogen and oxygen atoms in total. The van der Waals surface area contributed by atoms with Crippen molar-refractivity contribution in [3.05, 3.63) is 35.4 Å². The molecule has 24 heavy (non-hydrogen) atoms. The molecule has 0 saturated heterocycles. The molecule has 0 aromatic heterocycles. The van der Waals surface area contributed by atoms with Crippen molar-refractivity contribution in [2.24, 2.45) is 0 Å². The van der Waals surface area contributed by atoms with Crippen molar-refractivity contribution in [1.82, 2.24) is 10.2 Å². The summed E-state index contributed by atoms with van der Waals surface area (Å²) in [5, 5.41) is 13.1. The van der Waals surface area contributed by atoms with Gasteiger partial charge in [0.05, 0.1) is 12.0 Å². The van der Waals surface area contributed by atoms with E-state index in [0.717, 1.165) is 18.4 Å². The first-order valence-corrected chi connectivity index (χ1v) is 8.84. The van der Waals surface area contributed by atoms with E-state index in [-0.39, 0.29) is 18.2 Å². The number of benzene rings is 1. The Morgan fingerprint density at radius 1 is 1.12 bits per heavy atom. The van der Waals surface area contributed by atoms with Crippen LogP contribution in [0.3, 0.4) is 0 Å². The molecule has 1 fully saturated rings. The fourth-order valence-corrected chi connectivity index (χ4v) is 3.23. The van der Waals surface area contributed by atoms with Gasteiger partial charge >= 0.3 is 0 Å². The van der Waals surface area contributed by atoms with E-state index in [4.69, 9.17) is 0 Å². The topological polar surface area (TPSA) is 69.6 Å². The number of nitrogens with one attached hydrogen (secondary N) is 1. The number of amides is 2. The number of hydrogen-bond acceptors (Lipinski definition) is 3. The van der Waals surface area contributed by atoms with Crippen LogP contribution in [0.5, 0.6) is 0 Å². The summed E-state index contributed by atoms with van der Waals surface area (Å²) in [4.78, 5) is 26.0. The second-order valence-electron chi connectivity index (χ2n) is 6.56. The summed E-state index contributed by atoms with van der Waals surface area (Å²) >= 11 is 0. The lowest BCUT2D eigenvalue weighted by atomic mass is 9.97. The second-order valence-corrected chi connectivity index (χ2v) is 6.56. The molecule has 132 valence electrons. The van der Waals surface area contributed by atoms with Crippen LogP contribution in [-0.2, 0) is 11.3 Å². The Bertz CT molecular complexity index is 558. The zero-order valence-corrected chi connectivity index (χ0v) is 14.7. The molecule has 2 amide bonds. The average Bonchev–Trinajstić information content (AvgIpc) is 3.00. The minimum absolute atomic E-state index is 0.0269. The van der Waals surface area contributed by atoms with Gasteiger partial charge in [-0.1, -0.05) is 25.0 Å². The molecule has 2 rings (SSSR count). The molecule has 1 aliphatic rings. The van der Waals surface area contributed by atoms with Crippen molar-refractivity contribution < 1.29 is 14.7 Å². The lowest BCUT2D eigenvalue weighted by Gasteiger charge is -2.21. The summed E-state index contributed by atoms with van der Waals surface area (Å²) in [6, 6.07) is 7.32. The van der Waals surface area contributed by atoms with Gasteiger partial charge in [-0.3, -0.25) is 9.59 Å². The van der Waals surface area contributed by atoms with Gasteiger partial charge in [-0.2, -0.15) is 0 Å². The second kappa shape index (κ2) is 8.29. The van der Waals surface area contributed by atoms with Gasteiger partial charge in [0.15, 0.2) is 0 Å². The molecule has 1 saturated carbocycles. The van der Waals surface area contributed by atoms with Crippen LogP contribution in [0.4, 0.5) is 0 Å². The van der Waals surface area contributed by atoms with Crippen LogP contribution in [-0.4, -0.2) is 40.5 Å². The summed E-state index contributed by atoms with van der Waals surface area (Å²) in [7, 11) is 0. The van der Waals surface area contributed by atoms with E-state index in [1.165, 1.54) is 0 Å². The Morgan fingerprint density at radius 2 is 1.71 bits per heavy atom. The predicted octanol–water partition coefficient (Wildman–Crippen LogP) is 2.48. The Morgan fingerprint density at radius 3 is 2.25 bits per heavy atom. The molecule has 0 aliphatic heterocycles. The maximum Gasteiger partial charge on any atom is 0.253 e. The van der Waals surface area contributed by atoms with Gasteiger partial charge < -0.3 is 15.3 Å². The molecule has 0 radical (unpaired) electrons. The summed E-state index contributed by atoms with van der Waals surface area (Å²) < 4.78 is 0. The standard InChI is InChI=1S/C19H28N2O3/c1-3-21(4-2)18(23)16-9-7-15(8-10-16)14-20-17(22)13-19(24)11-5-6-12-19/h7-10,24H,3-6,11-14H2,1-2H3,(H,20,22). The molecule has 0 atom stereocenters. The third kappa shape index (κ3) is 4.81. The minimum Gasteiger partial charge on any atom is -0.389 e. The zero-order chi connectivity index (χ0) is 17.6. The highest BCUT2D eigenvalue weighted by Gasteiger charge is 2.33. The third-order valence-corrected chi connectivity index (χ3v) is 4.77. The lowest BCUT2D eigenvalue weighted by Crippen LogP contribution is -2.34. The summed E-state index contributed by atoms with van der Waals surface area (Å²) in [5.41, 5.74) is 0.788. The van der Waals surface area contributed by atoms with E-state index in [2.05, 4.69) is 5.32 Å². The molecular weight excluding hydrogens is 304 g/mol. The number of carbonyl (C=O) groups excluding carboxylic acids is 2. The third-order valence-electron chi connectivity index (χ3n) is 4.77. The van der Waals surface area contributed by atoms with Crippen molar-refractivity contribution in [1.29, 1.82) is 0 Å². The fourth-order valence-electron chi connectivity index (χ4n) is 3.23. The molecule has 0 spiro atoms. The van der Waals surface area contributed by atoms with Gasteiger partial charge in [-0.05, 0) is 44.4 Å². The van der Waals surface area contributed by atoms with Crippen molar-refractivity contribution in [3.8, 4) is 0 Å². The van der Waals surface area contributed by atoms with Gasteiger partial charge in [0, 0.05) is 25.2 Å². The molecule has 5 heteroatoms. The summed E-state index contributed by atoms with van der Waals surface area (Å²) in [6.07, 6.45) is 3.58. The van der Waals surface area contributed by atoms with Gasteiger partial charge in [0.1, 0.15) is 0 Å². The smallest absolute Gasteiger partial charge is 0.253 e. The van der Waals surface area contributed by atoms with E-state index in [0.29, 0.717) is 38.0 Å². The fraction of sp³-hybridized carbons (Fsp3) is 0.579. The Hall–Kier alpha value is -1.88. The molecule has 1 aromatic carbocycles. The van der Waals surface area contributed by atoms with Crippen LogP contribution in [0.2, 0.25) is 0 Å². The normalized spacial score (nSPS) is 16.0. The molecule has 1 aromatic rings. The van der Waals surface area contributed by atoms with Gasteiger partial charge in [-0.25, -0.2) is 0 Å². The van der Waals surface area contributed by atoms with Crippen LogP contribution >= 0.6 is 0 Å². The molecule has 1 aliphatic carbocycles. The number of aliphatic hydroxyl groups is 1. The lowest BCUT2D eigenvalue weighted by molar-refractivity contribution is -0.126. The number of nitrogens with zero attached hydrogens (tertiary/aromatic N) is 1. The van der Waals surface area contributed by atoms with Gasteiger partial charge in [0.25, 0.3) is 5.91 Å². The Labute approximate surface area is 144 Å². The maximum atomic E-state index is 12.2. The van der Waals surface area contributed by atoms with Gasteiger partial charge in [0.2, 0.25) is 5.91 Å². The average molecular weight is 332 g/mol. The Kier molecular flexibility index (Phi) is 6.37. The number of rotatable bonds is 7. The van der Waals surface area contributed by atoms with Crippen LogP contribution in [0, 0.1) is 0 Å². The highest BCUT2D eigenvalue weighted by Crippen LogP contribution is 2.32. The van der Waals surface area contributed by atoms with E-state index in [1.54, 1.807) is 17.0 Å². The summed E-state index contributed by atoms with van der Waals surface area (Å²) in [6.45, 7) is 5.72. The zero-order valence-electron chi connectivity index (χ0n) is 14.7. The van der Waals surface area contributed by atoms with Crippen molar-refractivity contribution in [2.45, 2.75) is 58.1 Å². The molecule has 0 unspecified atom stereocenters. The van der Waals surface area contributed by atoms with E-state index >= 15 is 0 Å². The molecule has 2 N–H and O–H groups in total. The number of carbonyl (C=O) groups is 2. The van der Waals surface area contributed by atoms with E-state index in [1.807, 2.05) is 26.0 Å². The van der Waals surface area contributed by atoms with Crippen molar-refractivity contribution >= 4 is 11.8 Å². The number of hydrogen-bond donors (Lipinski definition) is 2. The largest absolute Gasteiger partial charge is 0.389 e. The van der Waals surface area contributed by atoms with E-state index in [9.17, 15) is 14.7 Å².